The van der Waals surface area contributed by atoms with Crippen molar-refractivity contribution in [1.29, 1.82) is 0 Å². The van der Waals surface area contributed by atoms with Crippen LogP contribution in [0.3, 0.4) is 0 Å². The van der Waals surface area contributed by atoms with Crippen LogP contribution in [-0.2, 0) is 0 Å². The first-order chi connectivity index (χ1) is 18.3. The van der Waals surface area contributed by atoms with E-state index < -0.39 is 5.91 Å². The van der Waals surface area contributed by atoms with Gasteiger partial charge in [-0.25, -0.2) is 9.97 Å². The number of aromatic nitrogens is 2. The maximum atomic E-state index is 13.4. The molecule has 0 spiro atoms. The van der Waals surface area contributed by atoms with Crippen molar-refractivity contribution in [3.05, 3.63) is 46.9 Å². The lowest BCUT2D eigenvalue weighted by atomic mass is 9.96. The van der Waals surface area contributed by atoms with Gasteiger partial charge in [0.2, 0.25) is 0 Å². The van der Waals surface area contributed by atoms with Crippen LogP contribution in [0.4, 0.5) is 11.5 Å². The Bertz CT molecular complexity index is 1210. The van der Waals surface area contributed by atoms with Crippen LogP contribution in [0.1, 0.15) is 102 Å². The fourth-order valence-electron chi connectivity index (χ4n) is 6.04. The van der Waals surface area contributed by atoms with Gasteiger partial charge in [0.15, 0.2) is 11.5 Å². The minimum atomic E-state index is -0.615. The van der Waals surface area contributed by atoms with Crippen LogP contribution < -0.4 is 21.3 Å². The van der Waals surface area contributed by atoms with Gasteiger partial charge in [0, 0.05) is 41.8 Å². The van der Waals surface area contributed by atoms with E-state index in [0.717, 1.165) is 57.2 Å². The highest BCUT2D eigenvalue weighted by Gasteiger charge is 2.42. The number of fused-ring (bicyclic) bond motifs is 2. The number of primary amides is 1. The van der Waals surface area contributed by atoms with Gasteiger partial charge in [-0.15, -0.1) is 0 Å². The maximum absolute atomic E-state index is 13.4. The molecule has 0 aromatic carbocycles. The summed E-state index contributed by atoms with van der Waals surface area (Å²) in [6.07, 6.45) is 9.23. The molecule has 2 aliphatic heterocycles. The Morgan fingerprint density at radius 3 is 2.32 bits per heavy atom. The number of ketones is 1. The van der Waals surface area contributed by atoms with Gasteiger partial charge in [0.05, 0.1) is 16.9 Å². The molecule has 1 unspecified atom stereocenters. The fraction of sp³-hybridized carbons (Fsp3) is 0.552. The number of pyridine rings is 2. The number of carbonyl (C=O) groups is 3. The summed E-state index contributed by atoms with van der Waals surface area (Å²) in [4.78, 5) is 49.2. The number of rotatable bonds is 10. The molecule has 2 saturated heterocycles. The molecule has 4 N–H and O–H groups in total. The molecule has 2 amide bonds. The first-order valence-corrected chi connectivity index (χ1v) is 14.0. The molecule has 9 heteroatoms. The Kier molecular flexibility index (Phi) is 7.36. The van der Waals surface area contributed by atoms with Crippen molar-refractivity contribution in [3.63, 3.8) is 0 Å². The molecule has 2 bridgehead atoms. The summed E-state index contributed by atoms with van der Waals surface area (Å²) >= 11 is 0. The second-order valence-corrected chi connectivity index (χ2v) is 11.0. The van der Waals surface area contributed by atoms with Gasteiger partial charge >= 0.3 is 0 Å². The van der Waals surface area contributed by atoms with E-state index in [1.807, 2.05) is 12.1 Å². The number of nitrogens with two attached hydrogens (primary N) is 1. The lowest BCUT2D eigenvalue weighted by molar-refractivity contribution is 0.0922. The fourth-order valence-corrected chi connectivity index (χ4v) is 6.04. The van der Waals surface area contributed by atoms with E-state index in [0.29, 0.717) is 34.6 Å². The molecule has 38 heavy (non-hydrogen) atoms. The van der Waals surface area contributed by atoms with Crippen molar-refractivity contribution in [3.8, 4) is 0 Å². The summed E-state index contributed by atoms with van der Waals surface area (Å²) in [7, 11) is 0. The quantitative estimate of drug-likeness (QED) is 0.405. The molecule has 202 valence electrons. The third-order valence-electron chi connectivity index (χ3n) is 8.35. The Labute approximate surface area is 224 Å². The van der Waals surface area contributed by atoms with E-state index >= 15 is 0 Å². The monoisotopic (exact) mass is 518 g/mol. The third kappa shape index (κ3) is 5.24. The normalized spacial score (nSPS) is 22.4. The minimum absolute atomic E-state index is 0.0395. The number of nitrogens with one attached hydrogen (secondary N) is 2. The van der Waals surface area contributed by atoms with Crippen molar-refractivity contribution in [2.45, 2.75) is 96.3 Å². The zero-order valence-corrected chi connectivity index (χ0v) is 22.5. The largest absolute Gasteiger partial charge is 0.380 e. The molecule has 4 heterocycles. The molecule has 0 radical (unpaired) electrons. The van der Waals surface area contributed by atoms with Gasteiger partial charge in [0.25, 0.3) is 11.8 Å². The first-order valence-electron chi connectivity index (χ1n) is 14.0. The lowest BCUT2D eigenvalue weighted by Crippen LogP contribution is -2.51. The molecule has 3 atom stereocenters. The number of nitrogens with zero attached hydrogens (tertiary/aromatic N) is 3. The van der Waals surface area contributed by atoms with Crippen LogP contribution in [0.15, 0.2) is 24.4 Å². The smallest absolute Gasteiger partial charge is 0.269 e. The lowest BCUT2D eigenvalue weighted by Gasteiger charge is -2.40. The van der Waals surface area contributed by atoms with Crippen LogP contribution in [0.5, 0.6) is 0 Å². The number of Topliss-reactive ketones (excluding diaryl/α,β-unsaturated/α-hetero) is 1. The predicted octanol–water partition coefficient (Wildman–Crippen LogP) is 4.01. The van der Waals surface area contributed by atoms with E-state index in [1.54, 1.807) is 19.2 Å². The number of hydrogen-bond acceptors (Lipinski definition) is 7. The molecule has 2 aromatic heterocycles. The number of carbonyl (C=O) groups excluding carboxylic acids is 3. The van der Waals surface area contributed by atoms with Crippen molar-refractivity contribution in [1.82, 2.24) is 15.3 Å². The molecule has 5 rings (SSSR count). The Morgan fingerprint density at radius 1 is 1.08 bits per heavy atom. The van der Waals surface area contributed by atoms with Crippen molar-refractivity contribution in [2.75, 3.05) is 10.2 Å². The second kappa shape index (κ2) is 10.7. The molecule has 1 saturated carbocycles. The standard InChI is InChI=1S/C29H38N6O3/c1-4-19(5-2)33-24-14-23(16(3)32-26(24)28(30)37)29(38)34-20-12-21-9-10-22(13-20)35(21)25-11-8-18(15-31-25)27(36)17-6-7-17/h8,11,14-15,17,19-22,33H,4-7,9-10,12-13H2,1-3H3,(H2,30,37)(H,34,38)/t20?,21-,22+. The molecule has 1 aliphatic carbocycles. The number of hydrogen-bond donors (Lipinski definition) is 3. The van der Waals surface area contributed by atoms with Crippen LogP contribution in [0.2, 0.25) is 0 Å². The van der Waals surface area contributed by atoms with E-state index in [1.165, 1.54) is 0 Å². The van der Waals surface area contributed by atoms with Crippen LogP contribution >= 0.6 is 0 Å². The number of amides is 2. The van der Waals surface area contributed by atoms with Crippen molar-refractivity contribution in [2.24, 2.45) is 11.7 Å². The van der Waals surface area contributed by atoms with Crippen LogP contribution in [-0.4, -0.2) is 51.7 Å². The van der Waals surface area contributed by atoms with Gasteiger partial charge in [0.1, 0.15) is 5.82 Å². The van der Waals surface area contributed by atoms with Gasteiger partial charge in [-0.1, -0.05) is 13.8 Å². The number of anilines is 2. The zero-order valence-electron chi connectivity index (χ0n) is 22.5. The molecule has 3 aliphatic rings. The van der Waals surface area contributed by atoms with Crippen LogP contribution in [0.25, 0.3) is 0 Å². The second-order valence-electron chi connectivity index (χ2n) is 11.0. The minimum Gasteiger partial charge on any atom is -0.380 e. The first kappa shape index (κ1) is 26.1. The van der Waals surface area contributed by atoms with E-state index in [4.69, 9.17) is 5.73 Å². The van der Waals surface area contributed by atoms with Gasteiger partial charge < -0.3 is 21.3 Å². The SMILES string of the molecule is CCC(CC)Nc1cc(C(=O)NC2C[C@H]3CC[C@@H](C2)N3c2ccc(C(=O)C3CC3)cn2)c(C)nc1C(N)=O. The summed E-state index contributed by atoms with van der Waals surface area (Å²) in [5.74, 6) is 0.512. The van der Waals surface area contributed by atoms with Crippen LogP contribution in [0, 0.1) is 12.8 Å². The summed E-state index contributed by atoms with van der Waals surface area (Å²) in [5.41, 5.74) is 7.90. The maximum Gasteiger partial charge on any atom is 0.269 e. The molecule has 2 aromatic rings. The number of piperidine rings is 1. The summed E-state index contributed by atoms with van der Waals surface area (Å²) in [5, 5.41) is 6.58. The predicted molar refractivity (Wildman–Crippen MR) is 147 cm³/mol. The van der Waals surface area contributed by atoms with E-state index in [9.17, 15) is 14.4 Å². The summed E-state index contributed by atoms with van der Waals surface area (Å²) in [6, 6.07) is 6.38. The Balaban J connectivity index is 1.27. The molecule has 9 nitrogen and oxygen atoms in total. The molecular formula is C29H38N6O3. The molecular weight excluding hydrogens is 480 g/mol. The van der Waals surface area contributed by atoms with E-state index in [-0.39, 0.29) is 35.4 Å². The average Bonchev–Trinajstić information content (AvgIpc) is 3.72. The summed E-state index contributed by atoms with van der Waals surface area (Å²) < 4.78 is 0. The average molecular weight is 519 g/mol. The van der Waals surface area contributed by atoms with Gasteiger partial charge in [-0.2, -0.15) is 0 Å². The highest BCUT2D eigenvalue weighted by atomic mass is 16.2. The highest BCUT2D eigenvalue weighted by molar-refractivity contribution is 6.01. The van der Waals surface area contributed by atoms with Gasteiger partial charge in [-0.05, 0) is 76.5 Å². The number of aryl methyl sites for hydroxylation is 1. The Morgan fingerprint density at radius 2 is 1.76 bits per heavy atom. The summed E-state index contributed by atoms with van der Waals surface area (Å²) in [6.45, 7) is 5.87. The van der Waals surface area contributed by atoms with Gasteiger partial charge in [-0.3, -0.25) is 14.4 Å². The van der Waals surface area contributed by atoms with Crippen molar-refractivity contribution >= 4 is 29.1 Å². The highest BCUT2D eigenvalue weighted by Crippen LogP contribution is 2.39. The molecule has 3 fully saturated rings. The van der Waals surface area contributed by atoms with E-state index in [2.05, 4.69) is 39.3 Å². The van der Waals surface area contributed by atoms with Crippen molar-refractivity contribution < 1.29 is 14.4 Å². The topological polar surface area (TPSA) is 130 Å². The third-order valence-corrected chi connectivity index (χ3v) is 8.35. The zero-order chi connectivity index (χ0) is 27.0. The Hall–Kier alpha value is -3.49.